The molecule has 0 saturated heterocycles. The smallest absolute Gasteiger partial charge is 0.319 e. The molecule has 2 aliphatic rings. The van der Waals surface area contributed by atoms with Crippen LogP contribution in [0.25, 0.3) is 0 Å². The molecule has 0 aromatic carbocycles. The quantitative estimate of drug-likeness (QED) is 0.556. The van der Waals surface area contributed by atoms with E-state index in [1.807, 2.05) is 19.1 Å². The second-order valence-electron chi connectivity index (χ2n) is 5.00. The summed E-state index contributed by atoms with van der Waals surface area (Å²) in [5, 5.41) is 0. The largest absolute Gasteiger partial charge is 0.491 e. The summed E-state index contributed by atoms with van der Waals surface area (Å²) in [4.78, 5) is 12.2. The van der Waals surface area contributed by atoms with Gasteiger partial charge in [-0.2, -0.15) is 0 Å². The van der Waals surface area contributed by atoms with Crippen LogP contribution in [0.3, 0.4) is 0 Å². The highest BCUT2D eigenvalue weighted by Gasteiger charge is 2.63. The number of hydrogen-bond acceptors (Lipinski definition) is 3. The fourth-order valence-corrected chi connectivity index (χ4v) is 3.40. The van der Waals surface area contributed by atoms with E-state index in [1.54, 1.807) is 0 Å². The fourth-order valence-electron chi connectivity index (χ4n) is 3.40. The molecule has 2 rings (SSSR count). The first-order chi connectivity index (χ1) is 8.10. The van der Waals surface area contributed by atoms with Crippen LogP contribution in [0.5, 0.6) is 0 Å². The van der Waals surface area contributed by atoms with Crippen molar-refractivity contribution in [3.63, 3.8) is 0 Å². The zero-order valence-corrected chi connectivity index (χ0v) is 10.6. The number of rotatable bonds is 4. The average Bonchev–Trinajstić information content (AvgIpc) is 2.77. The molecule has 1 heterocycles. The van der Waals surface area contributed by atoms with Crippen molar-refractivity contribution in [2.75, 3.05) is 7.11 Å². The van der Waals surface area contributed by atoms with Gasteiger partial charge in [-0.3, -0.25) is 4.79 Å². The molecule has 0 amide bonds. The number of hydrogen-bond donors (Lipinski definition) is 0. The average molecular weight is 236 g/mol. The monoisotopic (exact) mass is 236 g/mol. The third-order valence-corrected chi connectivity index (χ3v) is 4.07. The Morgan fingerprint density at radius 2 is 2.41 bits per heavy atom. The van der Waals surface area contributed by atoms with Gasteiger partial charge in [0.1, 0.15) is 11.0 Å². The van der Waals surface area contributed by atoms with Gasteiger partial charge in [-0.15, -0.1) is 6.58 Å². The normalized spacial score (nSPS) is 34.8. The number of carbonyl (C=O) groups is 1. The Morgan fingerprint density at radius 3 is 3.06 bits per heavy atom. The van der Waals surface area contributed by atoms with Crippen LogP contribution in [0.2, 0.25) is 0 Å². The van der Waals surface area contributed by atoms with Crippen LogP contribution in [0, 0.1) is 5.41 Å². The molecule has 0 spiro atoms. The minimum absolute atomic E-state index is 0.157. The molecular formula is C14H20O3. The Kier molecular flexibility index (Phi) is 3.02. The van der Waals surface area contributed by atoms with Crippen LogP contribution < -0.4 is 0 Å². The van der Waals surface area contributed by atoms with Crippen LogP contribution in [-0.4, -0.2) is 18.7 Å². The van der Waals surface area contributed by atoms with Crippen molar-refractivity contribution >= 4 is 5.97 Å². The van der Waals surface area contributed by atoms with Crippen LogP contribution >= 0.6 is 0 Å². The Balaban J connectivity index is 2.36. The summed E-state index contributed by atoms with van der Waals surface area (Å²) < 4.78 is 11.0. The van der Waals surface area contributed by atoms with Gasteiger partial charge in [0.2, 0.25) is 0 Å². The number of carbonyl (C=O) groups excluding carboxylic acids is 1. The van der Waals surface area contributed by atoms with Crippen LogP contribution in [0.4, 0.5) is 0 Å². The number of ether oxygens (including phenoxy) is 2. The lowest BCUT2D eigenvalue weighted by Crippen LogP contribution is -2.47. The van der Waals surface area contributed by atoms with Gasteiger partial charge >= 0.3 is 5.97 Å². The summed E-state index contributed by atoms with van der Waals surface area (Å²) in [5.41, 5.74) is -0.951. The third-order valence-electron chi connectivity index (χ3n) is 4.07. The van der Waals surface area contributed by atoms with E-state index in [4.69, 9.17) is 9.47 Å². The Hall–Kier alpha value is -1.25. The molecule has 1 aliphatic carbocycles. The molecule has 0 N–H and O–H groups in total. The second kappa shape index (κ2) is 4.21. The van der Waals surface area contributed by atoms with Crippen molar-refractivity contribution in [2.45, 2.75) is 44.6 Å². The van der Waals surface area contributed by atoms with E-state index in [0.717, 1.165) is 37.9 Å². The van der Waals surface area contributed by atoms with Gasteiger partial charge in [-0.25, -0.2) is 0 Å². The summed E-state index contributed by atoms with van der Waals surface area (Å²) in [5.74, 6) is 0.690. The molecule has 3 nitrogen and oxygen atoms in total. The highest BCUT2D eigenvalue weighted by atomic mass is 16.5. The minimum Gasteiger partial charge on any atom is -0.491 e. The van der Waals surface area contributed by atoms with E-state index in [1.165, 1.54) is 7.11 Å². The lowest BCUT2D eigenvalue weighted by molar-refractivity contribution is -0.160. The van der Waals surface area contributed by atoms with Gasteiger partial charge in [0.25, 0.3) is 0 Å². The van der Waals surface area contributed by atoms with Gasteiger partial charge in [0.15, 0.2) is 0 Å². The van der Waals surface area contributed by atoms with Crippen LogP contribution in [0.15, 0.2) is 24.5 Å². The maximum atomic E-state index is 12.2. The fraction of sp³-hybridized carbons (Fsp3) is 0.643. The highest BCUT2D eigenvalue weighted by Crippen LogP contribution is 2.58. The molecule has 1 fully saturated rings. The molecule has 0 aromatic rings. The SMILES string of the molecule is C=CCC[C@@]12CCC[C@]1(C(=O)OC)C=C(C)O2. The van der Waals surface area contributed by atoms with Crippen molar-refractivity contribution in [2.24, 2.45) is 5.41 Å². The molecule has 1 saturated carbocycles. The molecule has 17 heavy (non-hydrogen) atoms. The first kappa shape index (κ1) is 12.2. The number of esters is 1. The van der Waals surface area contributed by atoms with Crippen molar-refractivity contribution in [3.8, 4) is 0 Å². The molecular weight excluding hydrogens is 216 g/mol. The molecule has 0 radical (unpaired) electrons. The molecule has 1 aliphatic heterocycles. The summed E-state index contributed by atoms with van der Waals surface area (Å²) in [6.07, 6.45) is 8.30. The molecule has 0 unspecified atom stereocenters. The van der Waals surface area contributed by atoms with Crippen molar-refractivity contribution in [3.05, 3.63) is 24.5 Å². The van der Waals surface area contributed by atoms with E-state index in [0.29, 0.717) is 0 Å². The summed E-state index contributed by atoms with van der Waals surface area (Å²) in [6.45, 7) is 5.67. The maximum absolute atomic E-state index is 12.2. The lowest BCUT2D eigenvalue weighted by atomic mass is 9.73. The van der Waals surface area contributed by atoms with Gasteiger partial charge in [-0.05, 0) is 45.1 Å². The number of fused-ring (bicyclic) bond motifs is 1. The first-order valence-electron chi connectivity index (χ1n) is 6.18. The van der Waals surface area contributed by atoms with E-state index in [-0.39, 0.29) is 5.97 Å². The standard InChI is InChI=1S/C14H20O3/c1-4-5-8-14-9-6-7-13(14,12(15)16-3)10-11(2)17-14/h4,10H,1,5-9H2,2-3H3/t13-,14-/m1/s1. The van der Waals surface area contributed by atoms with Gasteiger partial charge in [0, 0.05) is 0 Å². The van der Waals surface area contributed by atoms with Gasteiger partial charge < -0.3 is 9.47 Å². The first-order valence-corrected chi connectivity index (χ1v) is 6.18. The summed E-state index contributed by atoms with van der Waals surface area (Å²) in [7, 11) is 1.45. The second-order valence-corrected chi connectivity index (χ2v) is 5.00. The van der Waals surface area contributed by atoms with Crippen molar-refractivity contribution in [1.82, 2.24) is 0 Å². The lowest BCUT2D eigenvalue weighted by Gasteiger charge is -2.36. The zero-order valence-electron chi connectivity index (χ0n) is 10.6. The van der Waals surface area contributed by atoms with E-state index >= 15 is 0 Å². The topological polar surface area (TPSA) is 35.5 Å². The predicted molar refractivity (Wildman–Crippen MR) is 65.3 cm³/mol. The van der Waals surface area contributed by atoms with Crippen LogP contribution in [0.1, 0.15) is 39.0 Å². The third kappa shape index (κ3) is 1.60. The summed E-state index contributed by atoms with van der Waals surface area (Å²) in [6, 6.07) is 0. The molecule has 94 valence electrons. The molecule has 0 bridgehead atoms. The molecule has 0 aromatic heterocycles. The van der Waals surface area contributed by atoms with E-state index < -0.39 is 11.0 Å². The minimum atomic E-state index is -0.561. The predicted octanol–water partition coefficient (Wildman–Crippen LogP) is 2.97. The summed E-state index contributed by atoms with van der Waals surface area (Å²) >= 11 is 0. The Bertz CT molecular complexity index is 372. The number of methoxy groups -OCH3 is 1. The van der Waals surface area contributed by atoms with Gasteiger partial charge in [0.05, 0.1) is 12.9 Å². The van der Waals surface area contributed by atoms with E-state index in [9.17, 15) is 4.79 Å². The molecule has 3 heteroatoms. The maximum Gasteiger partial charge on any atom is 0.319 e. The highest BCUT2D eigenvalue weighted by molar-refractivity contribution is 5.82. The van der Waals surface area contributed by atoms with E-state index in [2.05, 4.69) is 6.58 Å². The van der Waals surface area contributed by atoms with Crippen molar-refractivity contribution < 1.29 is 14.3 Å². The van der Waals surface area contributed by atoms with Crippen LogP contribution in [-0.2, 0) is 14.3 Å². The van der Waals surface area contributed by atoms with Crippen molar-refractivity contribution in [1.29, 1.82) is 0 Å². The Labute approximate surface area is 102 Å². The zero-order chi connectivity index (χ0) is 12.5. The number of allylic oxidation sites excluding steroid dienone is 2. The van der Waals surface area contributed by atoms with Gasteiger partial charge in [-0.1, -0.05) is 6.08 Å². The Morgan fingerprint density at radius 1 is 1.65 bits per heavy atom. The molecule has 2 atom stereocenters.